The molecule has 0 aliphatic carbocycles. The molecule has 1 N–H and O–H groups in total. The van der Waals surface area contributed by atoms with Crippen LogP contribution in [0.5, 0.6) is 0 Å². The maximum atomic E-state index is 13.6. The van der Waals surface area contributed by atoms with Crippen LogP contribution in [0, 0.1) is 24.4 Å². The van der Waals surface area contributed by atoms with Crippen LogP contribution in [0.3, 0.4) is 0 Å². The molecule has 0 saturated carbocycles. The van der Waals surface area contributed by atoms with Crippen molar-refractivity contribution in [3.8, 4) is 11.3 Å². The average Bonchev–Trinajstić information content (AvgIpc) is 2.34. The maximum Gasteiger partial charge on any atom is 0.161 e. The fourth-order valence-corrected chi connectivity index (χ4v) is 1.68. The van der Waals surface area contributed by atoms with Crippen LogP contribution < -0.4 is 5.32 Å². The van der Waals surface area contributed by atoms with Gasteiger partial charge in [0.05, 0.1) is 5.69 Å². The molecule has 6 heteroatoms. The molecule has 0 spiro atoms. The van der Waals surface area contributed by atoms with Gasteiger partial charge < -0.3 is 5.32 Å². The van der Waals surface area contributed by atoms with Crippen molar-refractivity contribution in [1.29, 1.82) is 0 Å². The summed E-state index contributed by atoms with van der Waals surface area (Å²) < 4.78 is 39.7. The highest BCUT2D eigenvalue weighted by Crippen LogP contribution is 2.28. The lowest BCUT2D eigenvalue weighted by Gasteiger charge is -2.10. The largest absolute Gasteiger partial charge is 0.373 e. The first kappa shape index (κ1) is 12.3. The lowest BCUT2D eigenvalue weighted by atomic mass is 10.1. The van der Waals surface area contributed by atoms with Crippen molar-refractivity contribution in [2.24, 2.45) is 0 Å². The van der Waals surface area contributed by atoms with E-state index in [4.69, 9.17) is 0 Å². The van der Waals surface area contributed by atoms with Gasteiger partial charge in [0.1, 0.15) is 18.0 Å². The summed E-state index contributed by atoms with van der Waals surface area (Å²) in [6.45, 7) is 1.67. The molecular weight excluding hydrogens is 243 g/mol. The van der Waals surface area contributed by atoms with Crippen LogP contribution in [-0.4, -0.2) is 17.0 Å². The van der Waals surface area contributed by atoms with Crippen LogP contribution in [0.4, 0.5) is 19.0 Å². The number of aromatic nitrogens is 2. The zero-order chi connectivity index (χ0) is 13.3. The summed E-state index contributed by atoms with van der Waals surface area (Å²) in [5.41, 5.74) is 0.695. The Morgan fingerprint density at radius 1 is 1.00 bits per heavy atom. The monoisotopic (exact) mass is 253 g/mol. The van der Waals surface area contributed by atoms with Crippen molar-refractivity contribution >= 4 is 5.82 Å². The fraction of sp³-hybridized carbons (Fsp3) is 0.167. The van der Waals surface area contributed by atoms with Crippen LogP contribution in [-0.2, 0) is 0 Å². The SMILES string of the molecule is CNc1ncnc(-c2cc(F)c(F)cc2F)c1C. The topological polar surface area (TPSA) is 37.8 Å². The predicted octanol–water partition coefficient (Wildman–Crippen LogP) is 2.91. The van der Waals surface area contributed by atoms with E-state index in [1.165, 1.54) is 6.33 Å². The quantitative estimate of drug-likeness (QED) is 0.836. The number of hydrogen-bond acceptors (Lipinski definition) is 3. The Hall–Kier alpha value is -2.11. The molecular formula is C12H10F3N3. The van der Waals surface area contributed by atoms with Crippen LogP contribution in [0.1, 0.15) is 5.56 Å². The molecule has 0 radical (unpaired) electrons. The van der Waals surface area contributed by atoms with E-state index < -0.39 is 17.5 Å². The third kappa shape index (κ3) is 2.01. The zero-order valence-corrected chi connectivity index (χ0v) is 9.76. The van der Waals surface area contributed by atoms with Crippen molar-refractivity contribution in [3.63, 3.8) is 0 Å². The first-order chi connectivity index (χ1) is 8.54. The Kier molecular flexibility index (Phi) is 3.18. The Morgan fingerprint density at radius 3 is 2.33 bits per heavy atom. The summed E-state index contributed by atoms with van der Waals surface area (Å²) in [6.07, 6.45) is 1.23. The third-order valence-corrected chi connectivity index (χ3v) is 2.59. The molecule has 0 unspecified atom stereocenters. The summed E-state index contributed by atoms with van der Waals surface area (Å²) in [7, 11) is 1.65. The molecule has 94 valence electrons. The Balaban J connectivity index is 2.66. The minimum atomic E-state index is -1.23. The van der Waals surface area contributed by atoms with E-state index in [0.29, 0.717) is 17.4 Å². The summed E-state index contributed by atoms with van der Waals surface area (Å²) in [5.74, 6) is -2.70. The minimum Gasteiger partial charge on any atom is -0.373 e. The number of hydrogen-bond donors (Lipinski definition) is 1. The van der Waals surface area contributed by atoms with Crippen molar-refractivity contribution in [3.05, 3.63) is 41.5 Å². The molecule has 1 heterocycles. The average molecular weight is 253 g/mol. The maximum absolute atomic E-state index is 13.6. The van der Waals surface area contributed by atoms with Gasteiger partial charge in [-0.05, 0) is 13.0 Å². The van der Waals surface area contributed by atoms with Crippen LogP contribution in [0.25, 0.3) is 11.3 Å². The zero-order valence-electron chi connectivity index (χ0n) is 9.76. The lowest BCUT2D eigenvalue weighted by molar-refractivity contribution is 0.496. The Morgan fingerprint density at radius 2 is 1.67 bits per heavy atom. The molecule has 0 bridgehead atoms. The molecule has 0 saturated heterocycles. The minimum absolute atomic E-state index is 0.0923. The molecule has 0 aliphatic rings. The molecule has 18 heavy (non-hydrogen) atoms. The van der Waals surface area contributed by atoms with Crippen LogP contribution in [0.2, 0.25) is 0 Å². The van der Waals surface area contributed by atoms with Gasteiger partial charge in [-0.3, -0.25) is 0 Å². The van der Waals surface area contributed by atoms with E-state index in [9.17, 15) is 13.2 Å². The molecule has 0 aliphatic heterocycles. The van der Waals surface area contributed by atoms with Gasteiger partial charge in [0.2, 0.25) is 0 Å². The van der Waals surface area contributed by atoms with Crippen LogP contribution in [0.15, 0.2) is 18.5 Å². The molecule has 0 amide bonds. The highest BCUT2D eigenvalue weighted by Gasteiger charge is 2.16. The Bertz CT molecular complexity index is 599. The number of benzene rings is 1. The number of anilines is 1. The van der Waals surface area contributed by atoms with E-state index >= 15 is 0 Å². The molecule has 0 atom stereocenters. The number of rotatable bonds is 2. The summed E-state index contributed by atoms with van der Waals surface area (Å²) in [4.78, 5) is 7.85. The first-order valence-electron chi connectivity index (χ1n) is 5.19. The second-order valence-electron chi connectivity index (χ2n) is 3.69. The van der Waals surface area contributed by atoms with Crippen molar-refractivity contribution in [1.82, 2.24) is 9.97 Å². The smallest absolute Gasteiger partial charge is 0.161 e. The normalized spacial score (nSPS) is 10.5. The molecule has 0 fully saturated rings. The Labute approximate surface area is 102 Å². The highest BCUT2D eigenvalue weighted by molar-refractivity contribution is 5.68. The van der Waals surface area contributed by atoms with Gasteiger partial charge in [0.15, 0.2) is 11.6 Å². The number of nitrogens with one attached hydrogen (secondary N) is 1. The molecule has 2 aromatic rings. The van der Waals surface area contributed by atoms with Crippen LogP contribution >= 0.6 is 0 Å². The van der Waals surface area contributed by atoms with Gasteiger partial charge >= 0.3 is 0 Å². The summed E-state index contributed by atoms with van der Waals surface area (Å²) in [6, 6.07) is 1.30. The van der Waals surface area contributed by atoms with E-state index in [1.54, 1.807) is 14.0 Å². The second kappa shape index (κ2) is 4.64. The summed E-state index contributed by atoms with van der Waals surface area (Å²) in [5, 5.41) is 2.81. The first-order valence-corrected chi connectivity index (χ1v) is 5.19. The van der Waals surface area contributed by atoms with Gasteiger partial charge in [-0.1, -0.05) is 0 Å². The van der Waals surface area contributed by atoms with Gasteiger partial charge in [0.25, 0.3) is 0 Å². The summed E-state index contributed by atoms with van der Waals surface area (Å²) >= 11 is 0. The molecule has 3 nitrogen and oxygen atoms in total. The molecule has 2 rings (SSSR count). The van der Waals surface area contributed by atoms with E-state index in [2.05, 4.69) is 15.3 Å². The van der Waals surface area contributed by atoms with Crippen molar-refractivity contribution in [2.75, 3.05) is 12.4 Å². The molecule has 1 aromatic heterocycles. The van der Waals surface area contributed by atoms with Gasteiger partial charge in [-0.2, -0.15) is 0 Å². The standard InChI is InChI=1S/C12H10F3N3/c1-6-11(17-5-18-12(6)16-2)7-3-9(14)10(15)4-8(7)13/h3-5H,1-2H3,(H,16,17,18). The van der Waals surface area contributed by atoms with E-state index in [-0.39, 0.29) is 11.3 Å². The van der Waals surface area contributed by atoms with Gasteiger partial charge in [0, 0.05) is 24.2 Å². The number of nitrogens with zero attached hydrogens (tertiary/aromatic N) is 2. The third-order valence-electron chi connectivity index (χ3n) is 2.59. The number of halogens is 3. The van der Waals surface area contributed by atoms with Crippen molar-refractivity contribution in [2.45, 2.75) is 6.92 Å². The second-order valence-corrected chi connectivity index (χ2v) is 3.69. The fourth-order valence-electron chi connectivity index (χ4n) is 1.68. The van der Waals surface area contributed by atoms with E-state index in [0.717, 1.165) is 6.07 Å². The molecule has 1 aromatic carbocycles. The predicted molar refractivity (Wildman–Crippen MR) is 61.6 cm³/mol. The van der Waals surface area contributed by atoms with Gasteiger partial charge in [-0.15, -0.1) is 0 Å². The van der Waals surface area contributed by atoms with Crippen molar-refractivity contribution < 1.29 is 13.2 Å². The van der Waals surface area contributed by atoms with Gasteiger partial charge in [-0.25, -0.2) is 23.1 Å². The van der Waals surface area contributed by atoms with E-state index in [1.807, 2.05) is 0 Å². The lowest BCUT2D eigenvalue weighted by Crippen LogP contribution is -2.01. The highest BCUT2D eigenvalue weighted by atomic mass is 19.2.